The molecule has 3 N–H and O–H groups in total. The molecule has 9 nitrogen and oxygen atoms in total. The van der Waals surface area contributed by atoms with E-state index in [2.05, 4.69) is 17.4 Å². The molecule has 1 saturated heterocycles. The summed E-state index contributed by atoms with van der Waals surface area (Å²) in [5.41, 5.74) is 11.9. The molecule has 1 fully saturated rings. The average molecular weight is 507 g/mol. The summed E-state index contributed by atoms with van der Waals surface area (Å²) in [5.74, 6) is -1.09. The van der Waals surface area contributed by atoms with Crippen LogP contribution in [-0.2, 0) is 13.1 Å². The third-order valence-electron chi connectivity index (χ3n) is 6.73. The summed E-state index contributed by atoms with van der Waals surface area (Å²) in [6.45, 7) is 4.00. The Morgan fingerprint density at radius 3 is 2.42 bits per heavy atom. The van der Waals surface area contributed by atoms with Crippen LogP contribution < -0.4 is 16.1 Å². The normalized spacial score (nSPS) is 16.1. The van der Waals surface area contributed by atoms with Gasteiger partial charge < -0.3 is 20.1 Å². The fourth-order valence-corrected chi connectivity index (χ4v) is 4.91. The highest BCUT2D eigenvalue weighted by molar-refractivity contribution is 6.35. The molecule has 36 heavy (non-hydrogen) atoms. The van der Waals surface area contributed by atoms with Crippen molar-refractivity contribution < 1.29 is 14.4 Å². The minimum Gasteiger partial charge on any atom is -0.366 e. The number of hydrazine groups is 1. The van der Waals surface area contributed by atoms with Gasteiger partial charge in [-0.25, -0.2) is 5.01 Å². The highest BCUT2D eigenvalue weighted by Crippen LogP contribution is 2.31. The molecule has 186 valence electrons. The fraction of sp³-hybridized carbons (Fsp3) is 0.269. The number of primary amides is 1. The Labute approximate surface area is 214 Å². The Morgan fingerprint density at radius 2 is 1.69 bits per heavy atom. The molecule has 0 bridgehead atoms. The molecule has 10 heteroatoms. The monoisotopic (exact) mass is 506 g/mol. The van der Waals surface area contributed by atoms with Crippen LogP contribution >= 0.6 is 11.6 Å². The summed E-state index contributed by atoms with van der Waals surface area (Å²) < 4.78 is 1.95. The number of para-hydroxylation sites is 1. The van der Waals surface area contributed by atoms with Gasteiger partial charge in [-0.15, -0.1) is 0 Å². The number of halogens is 1. The van der Waals surface area contributed by atoms with Gasteiger partial charge in [0.25, 0.3) is 11.8 Å². The number of nitrogens with one attached hydrogen (secondary N) is 1. The van der Waals surface area contributed by atoms with Crippen molar-refractivity contribution >= 4 is 35.0 Å². The molecule has 3 heterocycles. The van der Waals surface area contributed by atoms with E-state index in [-0.39, 0.29) is 34.5 Å². The van der Waals surface area contributed by atoms with Crippen molar-refractivity contribution in [2.45, 2.75) is 13.1 Å². The zero-order valence-corrected chi connectivity index (χ0v) is 20.7. The summed E-state index contributed by atoms with van der Waals surface area (Å²) in [6.07, 6.45) is 0. The van der Waals surface area contributed by atoms with Gasteiger partial charge in [-0.05, 0) is 49.0 Å². The van der Waals surface area contributed by atoms with Crippen LogP contribution in [0.25, 0.3) is 0 Å². The van der Waals surface area contributed by atoms with Crippen molar-refractivity contribution in [3.05, 3.63) is 87.7 Å². The maximum atomic E-state index is 13.7. The van der Waals surface area contributed by atoms with Gasteiger partial charge in [-0.2, -0.15) is 0 Å². The van der Waals surface area contributed by atoms with E-state index in [0.29, 0.717) is 12.2 Å². The number of hydrogen-bond acceptors (Lipinski definition) is 5. The summed E-state index contributed by atoms with van der Waals surface area (Å²) in [5, 5.41) is 2.10. The van der Waals surface area contributed by atoms with Crippen LogP contribution in [0.15, 0.2) is 54.6 Å². The summed E-state index contributed by atoms with van der Waals surface area (Å²) in [6, 6.07) is 15.7. The van der Waals surface area contributed by atoms with E-state index in [9.17, 15) is 14.4 Å². The number of carbonyl (C=O) groups excluding carboxylic acids is 3. The molecule has 0 radical (unpaired) electrons. The quantitative estimate of drug-likeness (QED) is 0.565. The molecule has 0 spiro atoms. The first-order valence-electron chi connectivity index (χ1n) is 11.7. The van der Waals surface area contributed by atoms with E-state index in [4.69, 9.17) is 17.3 Å². The summed E-state index contributed by atoms with van der Waals surface area (Å²) in [7, 11) is 2.07. The molecular weight excluding hydrogens is 480 g/mol. The summed E-state index contributed by atoms with van der Waals surface area (Å²) >= 11 is 6.38. The number of piperazine rings is 1. The molecule has 2 aromatic carbocycles. The molecular formula is C26H27ClN6O3. The van der Waals surface area contributed by atoms with Crippen LogP contribution in [0.3, 0.4) is 0 Å². The lowest BCUT2D eigenvalue weighted by atomic mass is 10.1. The number of benzene rings is 2. The van der Waals surface area contributed by atoms with Gasteiger partial charge in [0, 0.05) is 43.1 Å². The van der Waals surface area contributed by atoms with Crippen LogP contribution in [0.1, 0.15) is 42.5 Å². The maximum Gasteiger partial charge on any atom is 0.282 e. The first-order valence-corrected chi connectivity index (χ1v) is 12.1. The number of likely N-dealkylation sites (N-methyl/N-ethyl adjacent to an activating group) is 1. The average Bonchev–Trinajstić information content (AvgIpc) is 3.18. The van der Waals surface area contributed by atoms with Gasteiger partial charge in [0.1, 0.15) is 5.69 Å². The molecule has 0 saturated carbocycles. The fourth-order valence-electron chi connectivity index (χ4n) is 4.65. The smallest absolute Gasteiger partial charge is 0.282 e. The predicted molar refractivity (Wildman–Crippen MR) is 137 cm³/mol. The molecule has 3 amide bonds. The van der Waals surface area contributed by atoms with Crippen molar-refractivity contribution in [1.29, 1.82) is 0 Å². The molecule has 2 aliphatic rings. The number of fused-ring (bicyclic) bond motifs is 2. The van der Waals surface area contributed by atoms with Gasteiger partial charge in [0.05, 0.1) is 23.7 Å². The topological polar surface area (TPSA) is 104 Å². The van der Waals surface area contributed by atoms with Crippen LogP contribution in [0, 0.1) is 0 Å². The zero-order chi connectivity index (χ0) is 25.4. The highest BCUT2D eigenvalue weighted by atomic mass is 35.5. The Bertz CT molecular complexity index is 1350. The van der Waals surface area contributed by atoms with E-state index >= 15 is 0 Å². The van der Waals surface area contributed by atoms with E-state index in [0.717, 1.165) is 43.1 Å². The van der Waals surface area contributed by atoms with E-state index in [1.165, 1.54) is 18.2 Å². The first kappa shape index (κ1) is 24.1. The van der Waals surface area contributed by atoms with E-state index < -0.39 is 5.91 Å². The van der Waals surface area contributed by atoms with Crippen molar-refractivity contribution in [1.82, 2.24) is 19.9 Å². The maximum absolute atomic E-state index is 13.7. The van der Waals surface area contributed by atoms with Crippen molar-refractivity contribution in [3.63, 3.8) is 0 Å². The molecule has 5 rings (SSSR count). The van der Waals surface area contributed by atoms with Crippen molar-refractivity contribution in [2.75, 3.05) is 38.1 Å². The Kier molecular flexibility index (Phi) is 6.53. The molecule has 0 unspecified atom stereocenters. The Balaban J connectivity index is 1.46. The standard InChI is InChI=1S/C26H27ClN6O3/c1-30-10-12-31(13-11-30)29-25(35)23-9-7-19-16-33(22-5-3-2-4-18(22)15-32(19)23)26(36)20-8-6-17(24(28)34)14-21(20)27/h2-9,14H,10-13,15-16H2,1H3,(H2,28,34)(H,29,35). The number of hydrogen-bond donors (Lipinski definition) is 2. The first-order chi connectivity index (χ1) is 17.3. The second kappa shape index (κ2) is 9.77. The lowest BCUT2D eigenvalue weighted by Gasteiger charge is -2.32. The van der Waals surface area contributed by atoms with Crippen LogP contribution in [0.5, 0.6) is 0 Å². The Hall–Kier alpha value is -3.66. The molecule has 0 aliphatic carbocycles. The molecule has 1 aromatic heterocycles. The molecule has 2 aliphatic heterocycles. The lowest BCUT2D eigenvalue weighted by molar-refractivity contribution is 0.0653. The summed E-state index contributed by atoms with van der Waals surface area (Å²) in [4.78, 5) is 42.3. The van der Waals surface area contributed by atoms with Gasteiger partial charge in [-0.1, -0.05) is 29.8 Å². The number of rotatable bonds is 4. The van der Waals surface area contributed by atoms with Gasteiger partial charge in [0.15, 0.2) is 0 Å². The van der Waals surface area contributed by atoms with Gasteiger partial charge in [0.2, 0.25) is 5.91 Å². The van der Waals surface area contributed by atoms with Crippen LogP contribution in [0.2, 0.25) is 5.02 Å². The SMILES string of the molecule is CN1CCN(NC(=O)c2ccc3n2Cc2ccccc2N(C(=O)c2ccc(C(N)=O)cc2Cl)C3)CC1. The zero-order valence-electron chi connectivity index (χ0n) is 19.9. The highest BCUT2D eigenvalue weighted by Gasteiger charge is 2.29. The minimum atomic E-state index is -0.615. The third-order valence-corrected chi connectivity index (χ3v) is 7.04. The van der Waals surface area contributed by atoms with Gasteiger partial charge >= 0.3 is 0 Å². The number of carbonyl (C=O) groups is 3. The number of nitrogens with zero attached hydrogens (tertiary/aromatic N) is 4. The minimum absolute atomic E-state index is 0.153. The Morgan fingerprint density at radius 1 is 0.944 bits per heavy atom. The third kappa shape index (κ3) is 4.60. The molecule has 0 atom stereocenters. The number of anilines is 1. The lowest BCUT2D eigenvalue weighted by Crippen LogP contribution is -2.52. The second-order valence-corrected chi connectivity index (χ2v) is 9.51. The largest absolute Gasteiger partial charge is 0.366 e. The van der Waals surface area contributed by atoms with Crippen molar-refractivity contribution in [3.8, 4) is 0 Å². The number of aromatic nitrogens is 1. The van der Waals surface area contributed by atoms with E-state index in [1.54, 1.807) is 11.0 Å². The predicted octanol–water partition coefficient (Wildman–Crippen LogP) is 2.34. The molecule has 3 aromatic rings. The van der Waals surface area contributed by atoms with E-state index in [1.807, 2.05) is 39.9 Å². The number of amides is 3. The van der Waals surface area contributed by atoms with Crippen LogP contribution in [0.4, 0.5) is 5.69 Å². The van der Waals surface area contributed by atoms with Crippen molar-refractivity contribution in [2.24, 2.45) is 5.73 Å². The van der Waals surface area contributed by atoms with Crippen LogP contribution in [-0.4, -0.2) is 65.4 Å². The van der Waals surface area contributed by atoms with Gasteiger partial charge in [-0.3, -0.25) is 19.8 Å². The second-order valence-electron chi connectivity index (χ2n) is 9.11. The number of nitrogens with two attached hydrogens (primary N) is 1.